The van der Waals surface area contributed by atoms with Gasteiger partial charge in [0, 0.05) is 29.2 Å². The Hall–Kier alpha value is -2.27. The Morgan fingerprint density at radius 3 is 2.88 bits per heavy atom. The summed E-state index contributed by atoms with van der Waals surface area (Å²) in [6, 6.07) is 6.24. The van der Waals surface area contributed by atoms with Crippen molar-refractivity contribution in [1.82, 2.24) is 14.9 Å². The van der Waals surface area contributed by atoms with Crippen molar-refractivity contribution < 1.29 is 4.79 Å². The lowest BCUT2D eigenvalue weighted by Gasteiger charge is -2.25. The second kappa shape index (κ2) is 6.23. The van der Waals surface area contributed by atoms with Gasteiger partial charge in [-0.15, -0.1) is 11.3 Å². The quantitative estimate of drug-likeness (QED) is 0.678. The van der Waals surface area contributed by atoms with Gasteiger partial charge in [0.1, 0.15) is 5.01 Å². The molecule has 2 aromatic heterocycles. The van der Waals surface area contributed by atoms with E-state index >= 15 is 0 Å². The fourth-order valence-electron chi connectivity index (χ4n) is 3.68. The Morgan fingerprint density at radius 2 is 2.12 bits per heavy atom. The third kappa shape index (κ3) is 2.72. The number of carbonyl (C=O) groups is 1. The van der Waals surface area contributed by atoms with Crippen molar-refractivity contribution in [2.75, 3.05) is 6.54 Å². The van der Waals surface area contributed by atoms with E-state index in [1.807, 2.05) is 42.5 Å². The maximum absolute atomic E-state index is 13.5. The van der Waals surface area contributed by atoms with Gasteiger partial charge in [0.05, 0.1) is 17.1 Å². The van der Waals surface area contributed by atoms with Crippen molar-refractivity contribution in [1.29, 1.82) is 0 Å². The average Bonchev–Trinajstić information content (AvgIpc) is 3.27. The molecule has 1 amide bonds. The summed E-state index contributed by atoms with van der Waals surface area (Å²) in [4.78, 5) is 24.7. The Bertz CT molecular complexity index is 949. The van der Waals surface area contributed by atoms with E-state index < -0.39 is 0 Å². The number of thiazole rings is 1. The van der Waals surface area contributed by atoms with Crippen LogP contribution in [0.2, 0.25) is 0 Å². The van der Waals surface area contributed by atoms with Gasteiger partial charge in [0.15, 0.2) is 0 Å². The average molecular weight is 351 g/mol. The van der Waals surface area contributed by atoms with E-state index in [1.54, 1.807) is 11.3 Å². The number of likely N-dealkylation sites (tertiary alicyclic amines) is 1. The lowest BCUT2D eigenvalue weighted by atomic mass is 9.99. The molecule has 1 aliphatic rings. The van der Waals surface area contributed by atoms with Crippen LogP contribution >= 0.6 is 11.3 Å². The highest BCUT2D eigenvalue weighted by molar-refractivity contribution is 7.09. The lowest BCUT2D eigenvalue weighted by molar-refractivity contribution is 0.0736. The van der Waals surface area contributed by atoms with E-state index in [2.05, 4.69) is 23.0 Å². The molecule has 1 saturated heterocycles. The molecule has 1 aliphatic heterocycles. The summed E-state index contributed by atoms with van der Waals surface area (Å²) >= 11 is 1.63. The largest absolute Gasteiger partial charge is 0.329 e. The molecule has 4 nitrogen and oxygen atoms in total. The number of pyridine rings is 1. The number of carbonyl (C=O) groups excluding carboxylic acids is 1. The molecular formula is C20H21N3OS. The van der Waals surface area contributed by atoms with Gasteiger partial charge in [0.25, 0.3) is 5.91 Å². The van der Waals surface area contributed by atoms with Crippen LogP contribution in [-0.2, 0) is 0 Å². The summed E-state index contributed by atoms with van der Waals surface area (Å²) in [5, 5.41) is 3.98. The molecule has 1 atom stereocenters. The number of benzene rings is 1. The fraction of sp³-hybridized carbons (Fsp3) is 0.350. The normalized spacial score (nSPS) is 17.4. The van der Waals surface area contributed by atoms with Crippen LogP contribution < -0.4 is 0 Å². The van der Waals surface area contributed by atoms with Crippen LogP contribution in [0.1, 0.15) is 51.1 Å². The first kappa shape index (κ1) is 16.2. The van der Waals surface area contributed by atoms with E-state index in [1.165, 1.54) is 0 Å². The van der Waals surface area contributed by atoms with E-state index in [4.69, 9.17) is 0 Å². The number of rotatable bonds is 2. The molecule has 3 aromatic rings. The van der Waals surface area contributed by atoms with E-state index in [0.717, 1.165) is 57.7 Å². The highest BCUT2D eigenvalue weighted by Gasteiger charge is 2.33. The molecule has 0 saturated carbocycles. The summed E-state index contributed by atoms with van der Waals surface area (Å²) in [6.45, 7) is 6.83. The van der Waals surface area contributed by atoms with Crippen molar-refractivity contribution in [3.8, 4) is 0 Å². The van der Waals surface area contributed by atoms with Crippen molar-refractivity contribution in [3.05, 3.63) is 57.2 Å². The second-order valence-corrected chi connectivity index (χ2v) is 7.67. The minimum absolute atomic E-state index is 0.0974. The molecule has 0 bridgehead atoms. The van der Waals surface area contributed by atoms with Crippen LogP contribution in [0.4, 0.5) is 0 Å². The summed E-state index contributed by atoms with van der Waals surface area (Å²) in [5.41, 5.74) is 4.73. The number of hydrogen-bond acceptors (Lipinski definition) is 4. The van der Waals surface area contributed by atoms with Crippen LogP contribution in [0, 0.1) is 20.8 Å². The number of amides is 1. The molecule has 4 rings (SSSR count). The first-order chi connectivity index (χ1) is 12.1. The van der Waals surface area contributed by atoms with Crippen LogP contribution in [0.3, 0.4) is 0 Å². The number of aryl methyl sites for hydroxylation is 2. The summed E-state index contributed by atoms with van der Waals surface area (Å²) in [7, 11) is 0. The van der Waals surface area contributed by atoms with Gasteiger partial charge in [-0.25, -0.2) is 4.98 Å². The third-order valence-electron chi connectivity index (χ3n) is 5.09. The molecule has 0 radical (unpaired) electrons. The van der Waals surface area contributed by atoms with Crippen LogP contribution in [0.15, 0.2) is 29.8 Å². The van der Waals surface area contributed by atoms with Gasteiger partial charge in [-0.1, -0.05) is 11.6 Å². The Balaban J connectivity index is 1.85. The Kier molecular flexibility index (Phi) is 4.04. The zero-order valence-corrected chi connectivity index (χ0v) is 15.6. The van der Waals surface area contributed by atoms with Gasteiger partial charge >= 0.3 is 0 Å². The van der Waals surface area contributed by atoms with Crippen molar-refractivity contribution >= 4 is 28.1 Å². The molecule has 3 heterocycles. The first-order valence-electron chi connectivity index (χ1n) is 8.64. The molecule has 5 heteroatoms. The molecular weight excluding hydrogens is 330 g/mol. The van der Waals surface area contributed by atoms with E-state index in [-0.39, 0.29) is 11.9 Å². The lowest BCUT2D eigenvalue weighted by Crippen LogP contribution is -2.31. The summed E-state index contributed by atoms with van der Waals surface area (Å²) < 4.78 is 0. The highest BCUT2D eigenvalue weighted by atomic mass is 32.1. The minimum atomic E-state index is 0.0974. The van der Waals surface area contributed by atoms with Gasteiger partial charge < -0.3 is 4.90 Å². The summed E-state index contributed by atoms with van der Waals surface area (Å²) in [6.07, 6.45) is 3.83. The van der Waals surface area contributed by atoms with Crippen LogP contribution in [0.5, 0.6) is 0 Å². The number of fused-ring (bicyclic) bond motifs is 1. The van der Waals surface area contributed by atoms with Gasteiger partial charge in [0.2, 0.25) is 0 Å². The third-order valence-corrected chi connectivity index (χ3v) is 5.97. The number of nitrogens with zero attached hydrogens (tertiary/aromatic N) is 3. The van der Waals surface area contributed by atoms with E-state index in [0.29, 0.717) is 0 Å². The molecule has 0 aliphatic carbocycles. The van der Waals surface area contributed by atoms with E-state index in [9.17, 15) is 4.79 Å². The molecule has 0 unspecified atom stereocenters. The fourth-order valence-corrected chi connectivity index (χ4v) is 4.46. The Labute approximate surface area is 151 Å². The highest BCUT2D eigenvalue weighted by Crippen LogP contribution is 2.36. The predicted molar refractivity (Wildman–Crippen MR) is 101 cm³/mol. The predicted octanol–water partition coefficient (Wildman–Crippen LogP) is 4.59. The number of hydrogen-bond donors (Lipinski definition) is 0. The number of aromatic nitrogens is 2. The standard InChI is InChI=1S/C20H21N3OS/c1-12-6-7-16-15(11-12)18(13(2)14(3)22-16)20(24)23-9-4-5-17(23)19-21-8-10-25-19/h6-8,10-11,17H,4-5,9H2,1-3H3/t17-/m0/s1. The minimum Gasteiger partial charge on any atom is -0.329 e. The molecule has 0 N–H and O–H groups in total. The topological polar surface area (TPSA) is 46.1 Å². The maximum Gasteiger partial charge on any atom is 0.255 e. The molecule has 1 fully saturated rings. The smallest absolute Gasteiger partial charge is 0.255 e. The zero-order valence-electron chi connectivity index (χ0n) is 14.7. The maximum atomic E-state index is 13.5. The van der Waals surface area contributed by atoms with Gasteiger partial charge in [-0.05, 0) is 51.3 Å². The van der Waals surface area contributed by atoms with Crippen molar-refractivity contribution in [3.63, 3.8) is 0 Å². The SMILES string of the molecule is Cc1ccc2nc(C)c(C)c(C(=O)N3CCC[C@H]3c3nccs3)c2c1. The molecule has 1 aromatic carbocycles. The van der Waals surface area contributed by atoms with Crippen molar-refractivity contribution in [2.45, 2.75) is 39.7 Å². The monoisotopic (exact) mass is 351 g/mol. The summed E-state index contributed by atoms with van der Waals surface area (Å²) in [5.74, 6) is 0.108. The van der Waals surface area contributed by atoms with Crippen LogP contribution in [0.25, 0.3) is 10.9 Å². The molecule has 128 valence electrons. The van der Waals surface area contributed by atoms with Gasteiger partial charge in [-0.2, -0.15) is 0 Å². The second-order valence-electron chi connectivity index (χ2n) is 6.74. The molecule has 0 spiro atoms. The van der Waals surface area contributed by atoms with Gasteiger partial charge in [-0.3, -0.25) is 9.78 Å². The first-order valence-corrected chi connectivity index (χ1v) is 9.52. The molecule has 25 heavy (non-hydrogen) atoms. The van der Waals surface area contributed by atoms with Crippen LogP contribution in [-0.4, -0.2) is 27.3 Å². The van der Waals surface area contributed by atoms with Crippen molar-refractivity contribution in [2.24, 2.45) is 0 Å². The Morgan fingerprint density at radius 1 is 1.28 bits per heavy atom. The zero-order chi connectivity index (χ0) is 17.6.